The van der Waals surface area contributed by atoms with Gasteiger partial charge < -0.3 is 5.11 Å². The van der Waals surface area contributed by atoms with E-state index in [2.05, 4.69) is 25.6 Å². The summed E-state index contributed by atoms with van der Waals surface area (Å²) >= 11 is 2.21. The van der Waals surface area contributed by atoms with E-state index in [4.69, 9.17) is 4.11 Å². The molecule has 0 aromatic rings. The highest BCUT2D eigenvalue weighted by molar-refractivity contribution is 8.07. The van der Waals surface area contributed by atoms with Crippen molar-refractivity contribution in [2.24, 2.45) is 34.5 Å². The first kappa shape index (κ1) is 11.8. The lowest BCUT2D eigenvalue weighted by Gasteiger charge is -2.60. The fraction of sp³-hybridized carbons (Fsp3) is 1.00. The highest BCUT2D eigenvalue weighted by atomic mass is 32.2. The smallest absolute Gasteiger partial charge is 0.0675 e. The second-order valence-electron chi connectivity index (χ2n) is 9.66. The van der Waals surface area contributed by atoms with Gasteiger partial charge in [0.1, 0.15) is 0 Å². The highest BCUT2D eigenvalue weighted by Gasteiger charge is 2.65. The molecule has 0 unspecified atom stereocenters. The molecule has 4 saturated carbocycles. The van der Waals surface area contributed by atoms with Crippen LogP contribution in [0.15, 0.2) is 0 Å². The van der Waals surface area contributed by atoms with E-state index in [0.29, 0.717) is 23.7 Å². The van der Waals surface area contributed by atoms with E-state index in [1.54, 1.807) is 0 Å². The third-order valence-corrected chi connectivity index (χ3v) is 10.5. The maximum Gasteiger partial charge on any atom is 0.0675 e. The Morgan fingerprint density at radius 1 is 1.05 bits per heavy atom. The summed E-state index contributed by atoms with van der Waals surface area (Å²) in [5.74, 6) is 2.68. The first-order valence-electron chi connectivity index (χ1n) is 11.0. The van der Waals surface area contributed by atoms with Crippen LogP contribution in [0.3, 0.4) is 0 Å². The minimum atomic E-state index is -2.26. The molecule has 1 saturated heterocycles. The van der Waals surface area contributed by atoms with Gasteiger partial charge in [0.15, 0.2) is 0 Å². The van der Waals surface area contributed by atoms with Crippen LogP contribution in [0.1, 0.15) is 76.2 Å². The molecule has 22 heavy (non-hydrogen) atoms. The first-order valence-corrected chi connectivity index (χ1v) is 10.4. The van der Waals surface area contributed by atoms with Gasteiger partial charge >= 0.3 is 0 Å². The Morgan fingerprint density at radius 3 is 2.68 bits per heavy atom. The Kier molecular flexibility index (Phi) is 2.30. The molecule has 0 aromatic carbocycles. The second-order valence-corrected chi connectivity index (χ2v) is 11.1. The SMILES string of the molecule is [2H]C([2H])([2H])[C@@]1(O)CC[C@@H]2[C@H]3CC[C@@H]4C[C@H]5S[C@H]5C[C@@]4(C)[C@@H]3CC[C@]21C. The molecule has 5 fully saturated rings. The lowest BCUT2D eigenvalue weighted by atomic mass is 9.44. The zero-order chi connectivity index (χ0) is 17.8. The summed E-state index contributed by atoms with van der Waals surface area (Å²) in [4.78, 5) is 0. The molecule has 0 aromatic heterocycles. The Labute approximate surface area is 144 Å². The van der Waals surface area contributed by atoms with Crippen LogP contribution >= 0.6 is 11.8 Å². The van der Waals surface area contributed by atoms with E-state index in [-0.39, 0.29) is 0 Å². The molecule has 4 aliphatic carbocycles. The summed E-state index contributed by atoms with van der Waals surface area (Å²) in [6.45, 7) is 2.42. The molecule has 2 heteroatoms. The van der Waals surface area contributed by atoms with Gasteiger partial charge in [-0.1, -0.05) is 13.8 Å². The normalized spacial score (nSPS) is 68.6. The minimum Gasteiger partial charge on any atom is -0.390 e. The van der Waals surface area contributed by atoms with Crippen molar-refractivity contribution in [2.75, 3.05) is 0 Å². The number of aliphatic hydroxyl groups is 1. The van der Waals surface area contributed by atoms with E-state index in [1.165, 1.54) is 25.7 Å². The Balaban J connectivity index is 1.47. The van der Waals surface area contributed by atoms with E-state index in [9.17, 15) is 5.11 Å². The van der Waals surface area contributed by atoms with Crippen molar-refractivity contribution >= 4 is 11.8 Å². The third kappa shape index (κ3) is 1.67. The first-order chi connectivity index (χ1) is 11.6. The Morgan fingerprint density at radius 2 is 1.86 bits per heavy atom. The lowest BCUT2D eigenvalue weighted by molar-refractivity contribution is -0.143. The molecule has 5 rings (SSSR count). The fourth-order valence-corrected chi connectivity index (χ4v) is 8.90. The van der Waals surface area contributed by atoms with Crippen LogP contribution < -0.4 is 0 Å². The van der Waals surface area contributed by atoms with Crippen molar-refractivity contribution in [3.05, 3.63) is 0 Å². The summed E-state index contributed by atoms with van der Waals surface area (Å²) in [7, 11) is 0. The molecule has 124 valence electrons. The van der Waals surface area contributed by atoms with Crippen molar-refractivity contribution in [1.82, 2.24) is 0 Å². The number of hydrogen-bond donors (Lipinski definition) is 1. The molecule has 0 spiro atoms. The van der Waals surface area contributed by atoms with Crippen molar-refractivity contribution < 1.29 is 9.22 Å². The standard InChI is InChI=1S/C20H32OS/c1-18-11-17-16(22-17)10-12(18)4-5-13-14(18)6-8-19(2)15(13)7-9-20(19,3)21/h12-17,21H,4-11H2,1-3H3/t12-,13+,14-,15-,16-,17+,18-,19-,20-/m1/s1/i3D3. The number of fused-ring (bicyclic) bond motifs is 6. The molecular weight excluding hydrogens is 288 g/mol. The van der Waals surface area contributed by atoms with Crippen molar-refractivity contribution in [3.8, 4) is 0 Å². The maximum atomic E-state index is 11.3. The van der Waals surface area contributed by atoms with Gasteiger partial charge in [-0.05, 0) is 92.7 Å². The Hall–Kier alpha value is 0.310. The summed E-state index contributed by atoms with van der Waals surface area (Å²) in [5, 5.41) is 13.1. The number of thioether (sulfide) groups is 1. The molecule has 1 aliphatic heterocycles. The average Bonchev–Trinajstić information content (AvgIpc) is 3.19. The van der Waals surface area contributed by atoms with Crippen LogP contribution in [0.2, 0.25) is 0 Å². The molecular formula is C20H32OS. The Bertz CT molecular complexity index is 594. The van der Waals surface area contributed by atoms with E-state index in [0.717, 1.165) is 41.6 Å². The van der Waals surface area contributed by atoms with Crippen molar-refractivity contribution in [1.29, 1.82) is 0 Å². The van der Waals surface area contributed by atoms with Gasteiger partial charge in [-0.3, -0.25) is 0 Å². The van der Waals surface area contributed by atoms with Crippen molar-refractivity contribution in [2.45, 2.75) is 88.2 Å². The zero-order valence-corrected chi connectivity index (χ0v) is 14.8. The topological polar surface area (TPSA) is 20.2 Å². The fourth-order valence-electron chi connectivity index (χ4n) is 7.54. The van der Waals surface area contributed by atoms with Gasteiger partial charge in [0.25, 0.3) is 0 Å². The molecule has 1 heterocycles. The molecule has 0 radical (unpaired) electrons. The molecule has 9 atom stereocenters. The van der Waals surface area contributed by atoms with Crippen LogP contribution in [-0.4, -0.2) is 21.2 Å². The van der Waals surface area contributed by atoms with Crippen molar-refractivity contribution in [3.63, 3.8) is 0 Å². The molecule has 1 N–H and O–H groups in total. The third-order valence-electron chi connectivity index (χ3n) is 9.06. The summed E-state index contributed by atoms with van der Waals surface area (Å²) in [5.41, 5.74) is -1.43. The molecule has 5 aliphatic rings. The van der Waals surface area contributed by atoms with Gasteiger partial charge in [-0.25, -0.2) is 0 Å². The summed E-state index contributed by atoms with van der Waals surface area (Å²) < 4.78 is 24.0. The number of rotatable bonds is 0. The van der Waals surface area contributed by atoms with E-state index in [1.807, 2.05) is 0 Å². The van der Waals surface area contributed by atoms with Crippen LogP contribution in [0.5, 0.6) is 0 Å². The molecule has 0 amide bonds. The van der Waals surface area contributed by atoms with Crippen LogP contribution in [0.4, 0.5) is 0 Å². The summed E-state index contributed by atoms with van der Waals surface area (Å²) in [6.07, 6.45) is 8.83. The van der Waals surface area contributed by atoms with Gasteiger partial charge in [-0.2, -0.15) is 11.8 Å². The molecule has 1 nitrogen and oxygen atoms in total. The van der Waals surface area contributed by atoms with Gasteiger partial charge in [-0.15, -0.1) is 0 Å². The molecule has 0 bridgehead atoms. The number of hydrogen-bond acceptors (Lipinski definition) is 2. The monoisotopic (exact) mass is 323 g/mol. The van der Waals surface area contributed by atoms with Crippen LogP contribution in [0, 0.1) is 34.5 Å². The van der Waals surface area contributed by atoms with Crippen LogP contribution in [0.25, 0.3) is 0 Å². The van der Waals surface area contributed by atoms with E-state index < -0.39 is 17.9 Å². The largest absolute Gasteiger partial charge is 0.390 e. The lowest BCUT2D eigenvalue weighted by Crippen LogP contribution is -2.56. The predicted molar refractivity (Wildman–Crippen MR) is 92.9 cm³/mol. The predicted octanol–water partition coefficient (Wildman–Crippen LogP) is 4.87. The average molecular weight is 324 g/mol. The minimum absolute atomic E-state index is 0.402. The summed E-state index contributed by atoms with van der Waals surface area (Å²) in [6, 6.07) is 0. The van der Waals surface area contributed by atoms with Gasteiger partial charge in [0.2, 0.25) is 0 Å². The zero-order valence-electron chi connectivity index (χ0n) is 17.0. The van der Waals surface area contributed by atoms with Gasteiger partial charge in [0, 0.05) is 14.6 Å². The maximum absolute atomic E-state index is 11.3. The van der Waals surface area contributed by atoms with Crippen LogP contribution in [-0.2, 0) is 0 Å². The van der Waals surface area contributed by atoms with Gasteiger partial charge in [0.05, 0.1) is 5.60 Å². The highest BCUT2D eigenvalue weighted by Crippen LogP contribution is 2.71. The second kappa shape index (κ2) is 4.28. The quantitative estimate of drug-likeness (QED) is 0.642. The van der Waals surface area contributed by atoms with E-state index >= 15 is 0 Å².